The van der Waals surface area contributed by atoms with Crippen LogP contribution in [-0.4, -0.2) is 13.2 Å². The van der Waals surface area contributed by atoms with Crippen LogP contribution in [0.15, 0.2) is 11.5 Å². The van der Waals surface area contributed by atoms with Gasteiger partial charge in [0.1, 0.15) is 0 Å². The first-order valence-electron chi connectivity index (χ1n) is 4.59. The Balaban J connectivity index is 4.32. The van der Waals surface area contributed by atoms with Gasteiger partial charge in [-0.05, 0) is 26.7 Å². The number of rotatable bonds is 5. The standard InChI is InChI=1S/C10H20O2/c1-6-11-10(12-7-2)9(5)8(3)4/h8H,6-7H2,1-5H3. The van der Waals surface area contributed by atoms with E-state index in [1.54, 1.807) is 0 Å². The average molecular weight is 172 g/mol. The van der Waals surface area contributed by atoms with Crippen molar-refractivity contribution < 1.29 is 9.47 Å². The van der Waals surface area contributed by atoms with Gasteiger partial charge in [0.05, 0.1) is 13.2 Å². The van der Waals surface area contributed by atoms with Gasteiger partial charge in [-0.15, -0.1) is 0 Å². The number of allylic oxidation sites excluding steroid dienone is 1. The second-order valence-corrected chi connectivity index (χ2v) is 2.99. The summed E-state index contributed by atoms with van der Waals surface area (Å²) in [5.74, 6) is 1.19. The summed E-state index contributed by atoms with van der Waals surface area (Å²) in [6.07, 6.45) is 0. The van der Waals surface area contributed by atoms with E-state index in [1.165, 1.54) is 5.57 Å². The minimum absolute atomic E-state index is 0.484. The normalized spacial score (nSPS) is 9.83. The highest BCUT2D eigenvalue weighted by Crippen LogP contribution is 2.15. The molecule has 0 aromatic rings. The molecule has 0 fully saturated rings. The van der Waals surface area contributed by atoms with Gasteiger partial charge in [-0.1, -0.05) is 13.8 Å². The van der Waals surface area contributed by atoms with Crippen LogP contribution in [0, 0.1) is 5.92 Å². The monoisotopic (exact) mass is 172 g/mol. The van der Waals surface area contributed by atoms with Crippen molar-refractivity contribution in [1.82, 2.24) is 0 Å². The van der Waals surface area contributed by atoms with Crippen LogP contribution < -0.4 is 0 Å². The van der Waals surface area contributed by atoms with Crippen LogP contribution in [0.2, 0.25) is 0 Å². The summed E-state index contributed by atoms with van der Waals surface area (Å²) in [4.78, 5) is 0. The Hall–Kier alpha value is -0.660. The Morgan fingerprint density at radius 1 is 1.08 bits per heavy atom. The van der Waals surface area contributed by atoms with E-state index in [4.69, 9.17) is 9.47 Å². The molecule has 0 radical (unpaired) electrons. The maximum atomic E-state index is 5.36. The molecule has 0 aromatic heterocycles. The molecule has 0 unspecified atom stereocenters. The lowest BCUT2D eigenvalue weighted by atomic mass is 10.1. The molecule has 0 N–H and O–H groups in total. The first-order valence-corrected chi connectivity index (χ1v) is 4.59. The second kappa shape index (κ2) is 5.92. The van der Waals surface area contributed by atoms with Crippen molar-refractivity contribution in [2.24, 2.45) is 5.92 Å². The molecule has 2 nitrogen and oxygen atoms in total. The zero-order chi connectivity index (χ0) is 9.56. The zero-order valence-electron chi connectivity index (χ0n) is 8.81. The molecule has 0 aliphatic heterocycles. The molecule has 0 heterocycles. The van der Waals surface area contributed by atoms with Gasteiger partial charge in [0.25, 0.3) is 5.95 Å². The molecule has 72 valence electrons. The third-order valence-electron chi connectivity index (χ3n) is 1.74. The SMILES string of the molecule is CCOC(OCC)=C(C)C(C)C. The number of ether oxygens (including phenoxy) is 2. The van der Waals surface area contributed by atoms with Gasteiger partial charge in [0.2, 0.25) is 0 Å². The topological polar surface area (TPSA) is 18.5 Å². The van der Waals surface area contributed by atoms with Crippen LogP contribution in [0.25, 0.3) is 0 Å². The lowest BCUT2D eigenvalue weighted by molar-refractivity contribution is 0.0406. The molecule has 0 aromatic carbocycles. The lowest BCUT2D eigenvalue weighted by Crippen LogP contribution is -2.04. The highest BCUT2D eigenvalue weighted by atomic mass is 16.7. The summed E-state index contributed by atoms with van der Waals surface area (Å²) in [5, 5.41) is 0. The largest absolute Gasteiger partial charge is 0.466 e. The van der Waals surface area contributed by atoms with E-state index in [-0.39, 0.29) is 0 Å². The van der Waals surface area contributed by atoms with E-state index in [0.29, 0.717) is 25.1 Å². The predicted octanol–water partition coefficient (Wildman–Crippen LogP) is 2.95. The van der Waals surface area contributed by atoms with Crippen molar-refractivity contribution in [3.8, 4) is 0 Å². The molecule has 0 amide bonds. The summed E-state index contributed by atoms with van der Waals surface area (Å²) in [5.41, 5.74) is 1.18. The molecule has 0 atom stereocenters. The van der Waals surface area contributed by atoms with Crippen molar-refractivity contribution in [3.05, 3.63) is 11.5 Å². The molecule has 0 saturated carbocycles. The van der Waals surface area contributed by atoms with Crippen molar-refractivity contribution >= 4 is 0 Å². The van der Waals surface area contributed by atoms with Crippen molar-refractivity contribution in [2.75, 3.05) is 13.2 Å². The van der Waals surface area contributed by atoms with E-state index in [1.807, 2.05) is 20.8 Å². The van der Waals surface area contributed by atoms with Crippen LogP contribution >= 0.6 is 0 Å². The summed E-state index contributed by atoms with van der Waals surface area (Å²) in [7, 11) is 0. The quantitative estimate of drug-likeness (QED) is 0.593. The summed E-state index contributed by atoms with van der Waals surface area (Å²) < 4.78 is 10.7. The van der Waals surface area contributed by atoms with Crippen LogP contribution in [0.3, 0.4) is 0 Å². The Labute approximate surface area is 75.6 Å². The first kappa shape index (κ1) is 11.3. The fourth-order valence-corrected chi connectivity index (χ4v) is 0.767. The van der Waals surface area contributed by atoms with E-state index in [2.05, 4.69) is 13.8 Å². The minimum atomic E-state index is 0.484. The molecule has 0 rings (SSSR count). The molecule has 0 saturated heterocycles. The molecule has 0 bridgehead atoms. The average Bonchev–Trinajstić information content (AvgIpc) is 2.03. The summed E-state index contributed by atoms with van der Waals surface area (Å²) in [6.45, 7) is 11.6. The third-order valence-corrected chi connectivity index (χ3v) is 1.74. The van der Waals surface area contributed by atoms with Crippen LogP contribution in [0.4, 0.5) is 0 Å². The van der Waals surface area contributed by atoms with Gasteiger partial charge >= 0.3 is 0 Å². The van der Waals surface area contributed by atoms with Gasteiger partial charge in [-0.3, -0.25) is 0 Å². The minimum Gasteiger partial charge on any atom is -0.466 e. The fourth-order valence-electron chi connectivity index (χ4n) is 0.767. The van der Waals surface area contributed by atoms with E-state index in [0.717, 1.165) is 0 Å². The van der Waals surface area contributed by atoms with E-state index >= 15 is 0 Å². The van der Waals surface area contributed by atoms with Gasteiger partial charge in [0, 0.05) is 5.57 Å². The van der Waals surface area contributed by atoms with Crippen LogP contribution in [0.1, 0.15) is 34.6 Å². The Morgan fingerprint density at radius 2 is 1.50 bits per heavy atom. The van der Waals surface area contributed by atoms with Gasteiger partial charge in [0.15, 0.2) is 0 Å². The molecule has 2 heteroatoms. The van der Waals surface area contributed by atoms with Gasteiger partial charge in [-0.25, -0.2) is 0 Å². The lowest BCUT2D eigenvalue weighted by Gasteiger charge is -2.14. The molecule has 0 aliphatic carbocycles. The van der Waals surface area contributed by atoms with E-state index in [9.17, 15) is 0 Å². The first-order chi connectivity index (χ1) is 5.63. The highest BCUT2D eigenvalue weighted by molar-refractivity contribution is 5.02. The number of hydrogen-bond donors (Lipinski definition) is 0. The van der Waals surface area contributed by atoms with Crippen molar-refractivity contribution in [2.45, 2.75) is 34.6 Å². The van der Waals surface area contributed by atoms with Gasteiger partial charge < -0.3 is 9.47 Å². The van der Waals surface area contributed by atoms with Crippen molar-refractivity contribution in [1.29, 1.82) is 0 Å². The Bertz CT molecular complexity index is 140. The van der Waals surface area contributed by atoms with Gasteiger partial charge in [-0.2, -0.15) is 0 Å². The highest BCUT2D eigenvalue weighted by Gasteiger charge is 2.07. The van der Waals surface area contributed by atoms with Crippen LogP contribution in [0.5, 0.6) is 0 Å². The molecule has 12 heavy (non-hydrogen) atoms. The second-order valence-electron chi connectivity index (χ2n) is 2.99. The van der Waals surface area contributed by atoms with E-state index < -0.39 is 0 Å². The maximum Gasteiger partial charge on any atom is 0.278 e. The molecule has 0 spiro atoms. The predicted molar refractivity (Wildman–Crippen MR) is 50.8 cm³/mol. The Kier molecular flexibility index (Phi) is 5.60. The molecule has 0 aliphatic rings. The molecular weight excluding hydrogens is 152 g/mol. The third kappa shape index (κ3) is 3.65. The maximum absolute atomic E-state index is 5.36. The van der Waals surface area contributed by atoms with Crippen LogP contribution in [-0.2, 0) is 9.47 Å². The zero-order valence-corrected chi connectivity index (χ0v) is 8.81. The summed E-state index contributed by atoms with van der Waals surface area (Å²) in [6, 6.07) is 0. The summed E-state index contributed by atoms with van der Waals surface area (Å²) >= 11 is 0. The fraction of sp³-hybridized carbons (Fsp3) is 0.800. The Morgan fingerprint density at radius 3 is 1.75 bits per heavy atom. The van der Waals surface area contributed by atoms with Crippen molar-refractivity contribution in [3.63, 3.8) is 0 Å². The smallest absolute Gasteiger partial charge is 0.278 e. The molecular formula is C10H20O2. The number of hydrogen-bond acceptors (Lipinski definition) is 2.